The van der Waals surface area contributed by atoms with Crippen molar-refractivity contribution in [3.8, 4) is 0 Å². The van der Waals surface area contributed by atoms with Gasteiger partial charge in [-0.1, -0.05) is 0 Å². The van der Waals surface area contributed by atoms with Crippen LogP contribution >= 0.6 is 0 Å². The van der Waals surface area contributed by atoms with Crippen LogP contribution in [-0.4, -0.2) is 32.8 Å². The molecule has 0 amide bonds. The van der Waals surface area contributed by atoms with Gasteiger partial charge in [0.25, 0.3) is 0 Å². The minimum atomic E-state index is -1.05. The van der Waals surface area contributed by atoms with E-state index in [4.69, 9.17) is 9.52 Å². The highest BCUT2D eigenvalue weighted by molar-refractivity contribution is 7.85. The van der Waals surface area contributed by atoms with Crippen LogP contribution in [0, 0.1) is 0 Å². The summed E-state index contributed by atoms with van der Waals surface area (Å²) in [6.45, 7) is 1.94. The Kier molecular flexibility index (Phi) is 4.19. The molecule has 1 aromatic heterocycles. The lowest BCUT2D eigenvalue weighted by Gasteiger charge is -2.25. The van der Waals surface area contributed by atoms with Crippen molar-refractivity contribution in [3.05, 3.63) is 23.7 Å². The predicted octanol–water partition coefficient (Wildman–Crippen LogP) is 1.54. The first-order valence-electron chi connectivity index (χ1n) is 6.00. The van der Waals surface area contributed by atoms with Crippen LogP contribution in [0.1, 0.15) is 42.1 Å². The molecule has 0 bridgehead atoms. The monoisotopic (exact) mass is 271 g/mol. The van der Waals surface area contributed by atoms with Crippen molar-refractivity contribution in [1.82, 2.24) is 5.32 Å². The summed E-state index contributed by atoms with van der Waals surface area (Å²) < 4.78 is 16.5. The fourth-order valence-electron chi connectivity index (χ4n) is 2.10. The van der Waals surface area contributed by atoms with Crippen molar-refractivity contribution in [2.75, 3.05) is 11.5 Å². The molecule has 1 aliphatic heterocycles. The average molecular weight is 271 g/mol. The van der Waals surface area contributed by atoms with Gasteiger partial charge in [0.15, 0.2) is 0 Å². The van der Waals surface area contributed by atoms with Gasteiger partial charge in [-0.3, -0.25) is 4.21 Å². The van der Waals surface area contributed by atoms with Crippen molar-refractivity contribution >= 4 is 16.8 Å². The zero-order chi connectivity index (χ0) is 13.1. The number of carboxylic acids is 1. The highest BCUT2D eigenvalue weighted by atomic mass is 32.2. The number of nitrogens with one attached hydrogen (secondary N) is 1. The molecule has 1 aromatic rings. The van der Waals surface area contributed by atoms with Gasteiger partial charge in [-0.15, -0.1) is 0 Å². The zero-order valence-corrected chi connectivity index (χ0v) is 11.0. The summed E-state index contributed by atoms with van der Waals surface area (Å²) in [5.41, 5.74) is 0. The number of aromatic carboxylic acids is 1. The molecule has 0 saturated carbocycles. The summed E-state index contributed by atoms with van der Waals surface area (Å²) in [5, 5.41) is 12.2. The largest absolute Gasteiger partial charge is 0.475 e. The van der Waals surface area contributed by atoms with Gasteiger partial charge in [0.05, 0.1) is 6.04 Å². The molecule has 1 unspecified atom stereocenters. The summed E-state index contributed by atoms with van der Waals surface area (Å²) in [6.07, 6.45) is 1.78. The van der Waals surface area contributed by atoms with Crippen LogP contribution < -0.4 is 5.32 Å². The molecule has 18 heavy (non-hydrogen) atoms. The predicted molar refractivity (Wildman–Crippen MR) is 68.1 cm³/mol. The second kappa shape index (κ2) is 5.67. The number of carboxylic acid groups (broad SMARTS) is 1. The minimum Gasteiger partial charge on any atom is -0.475 e. The van der Waals surface area contributed by atoms with Gasteiger partial charge in [-0.25, -0.2) is 4.79 Å². The molecule has 2 rings (SSSR count). The lowest BCUT2D eigenvalue weighted by atomic mass is 10.1. The van der Waals surface area contributed by atoms with Gasteiger partial charge in [-0.05, 0) is 31.9 Å². The fraction of sp³-hybridized carbons (Fsp3) is 0.583. The summed E-state index contributed by atoms with van der Waals surface area (Å²) >= 11 is 0. The van der Waals surface area contributed by atoms with Crippen molar-refractivity contribution < 1.29 is 18.5 Å². The molecule has 1 saturated heterocycles. The van der Waals surface area contributed by atoms with E-state index in [-0.39, 0.29) is 11.8 Å². The number of hydrogen-bond donors (Lipinski definition) is 2. The Balaban J connectivity index is 1.92. The van der Waals surface area contributed by atoms with E-state index >= 15 is 0 Å². The van der Waals surface area contributed by atoms with E-state index in [9.17, 15) is 9.00 Å². The lowest BCUT2D eigenvalue weighted by molar-refractivity contribution is 0.0659. The maximum absolute atomic E-state index is 11.2. The summed E-state index contributed by atoms with van der Waals surface area (Å²) in [4.78, 5) is 10.7. The molecule has 2 N–H and O–H groups in total. The summed E-state index contributed by atoms with van der Waals surface area (Å²) in [5.74, 6) is 1.01. The summed E-state index contributed by atoms with van der Waals surface area (Å²) in [6, 6.07) is 3.44. The lowest BCUT2D eigenvalue weighted by Crippen LogP contribution is -2.37. The Bertz CT molecular complexity index is 447. The first-order valence-corrected chi connectivity index (χ1v) is 7.49. The first-order chi connectivity index (χ1) is 8.56. The molecular weight excluding hydrogens is 254 g/mol. The van der Waals surface area contributed by atoms with Gasteiger partial charge >= 0.3 is 5.97 Å². The molecule has 0 radical (unpaired) electrons. The van der Waals surface area contributed by atoms with Gasteiger partial charge < -0.3 is 14.8 Å². The highest BCUT2D eigenvalue weighted by Crippen LogP contribution is 2.19. The van der Waals surface area contributed by atoms with Crippen LogP contribution in [0.5, 0.6) is 0 Å². The van der Waals surface area contributed by atoms with E-state index in [1.165, 1.54) is 6.07 Å². The van der Waals surface area contributed by atoms with E-state index in [0.717, 1.165) is 24.3 Å². The molecule has 0 aliphatic carbocycles. The topological polar surface area (TPSA) is 79.5 Å². The van der Waals surface area contributed by atoms with Crippen LogP contribution in [0.15, 0.2) is 16.5 Å². The minimum absolute atomic E-state index is 0.0327. The molecule has 2 heterocycles. The van der Waals surface area contributed by atoms with Crippen molar-refractivity contribution in [3.63, 3.8) is 0 Å². The molecule has 5 nitrogen and oxygen atoms in total. The Labute approximate surface area is 108 Å². The number of hydrogen-bond acceptors (Lipinski definition) is 4. The van der Waals surface area contributed by atoms with Crippen LogP contribution in [0.3, 0.4) is 0 Å². The van der Waals surface area contributed by atoms with E-state index < -0.39 is 16.8 Å². The highest BCUT2D eigenvalue weighted by Gasteiger charge is 2.21. The normalized spacial score (nSPS) is 25.8. The van der Waals surface area contributed by atoms with Gasteiger partial charge in [0.1, 0.15) is 5.76 Å². The van der Waals surface area contributed by atoms with E-state index in [0.29, 0.717) is 11.8 Å². The van der Waals surface area contributed by atoms with E-state index in [1.54, 1.807) is 6.07 Å². The molecule has 6 heteroatoms. The molecule has 1 fully saturated rings. The van der Waals surface area contributed by atoms with Gasteiger partial charge in [0.2, 0.25) is 5.76 Å². The van der Waals surface area contributed by atoms with Crippen molar-refractivity contribution in [1.29, 1.82) is 0 Å². The Morgan fingerprint density at radius 3 is 2.72 bits per heavy atom. The maximum Gasteiger partial charge on any atom is 0.371 e. The fourth-order valence-corrected chi connectivity index (χ4v) is 3.40. The second-order valence-corrected chi connectivity index (χ2v) is 6.21. The van der Waals surface area contributed by atoms with Crippen LogP contribution in [-0.2, 0) is 10.8 Å². The molecule has 1 aliphatic rings. The molecular formula is C12H17NO4S. The quantitative estimate of drug-likeness (QED) is 0.868. The Morgan fingerprint density at radius 1 is 1.50 bits per heavy atom. The van der Waals surface area contributed by atoms with E-state index in [2.05, 4.69) is 5.32 Å². The van der Waals surface area contributed by atoms with Crippen LogP contribution in [0.4, 0.5) is 0 Å². The standard InChI is InChI=1S/C12H17NO4S/c1-8(10-2-3-11(17-10)12(14)15)13-9-4-6-18(16)7-5-9/h2-3,8-9,13H,4-7H2,1H3,(H,14,15). The number of furan rings is 1. The molecule has 1 atom stereocenters. The van der Waals surface area contributed by atoms with Gasteiger partial charge in [0, 0.05) is 28.3 Å². The number of rotatable bonds is 4. The third kappa shape index (κ3) is 3.20. The average Bonchev–Trinajstić information content (AvgIpc) is 2.81. The zero-order valence-electron chi connectivity index (χ0n) is 10.2. The summed E-state index contributed by atoms with van der Waals surface area (Å²) in [7, 11) is -0.663. The van der Waals surface area contributed by atoms with Gasteiger partial charge in [-0.2, -0.15) is 0 Å². The number of carbonyl (C=O) groups is 1. The first kappa shape index (κ1) is 13.3. The smallest absolute Gasteiger partial charge is 0.371 e. The molecule has 0 spiro atoms. The molecule has 0 aromatic carbocycles. The Hall–Kier alpha value is -1.14. The van der Waals surface area contributed by atoms with Crippen LogP contribution in [0.2, 0.25) is 0 Å². The third-order valence-corrected chi connectivity index (χ3v) is 4.52. The third-order valence-electron chi connectivity index (χ3n) is 3.14. The molecule has 100 valence electrons. The second-order valence-electron chi connectivity index (χ2n) is 4.52. The van der Waals surface area contributed by atoms with E-state index in [1.807, 2.05) is 6.92 Å². The van der Waals surface area contributed by atoms with Crippen molar-refractivity contribution in [2.45, 2.75) is 31.8 Å². The SMILES string of the molecule is CC(NC1CCS(=O)CC1)c1ccc(C(=O)O)o1. The Morgan fingerprint density at radius 2 is 2.17 bits per heavy atom. The van der Waals surface area contributed by atoms with Crippen LogP contribution in [0.25, 0.3) is 0 Å². The van der Waals surface area contributed by atoms with Crippen molar-refractivity contribution in [2.24, 2.45) is 0 Å². The maximum atomic E-state index is 11.2.